The molecule has 4 rings (SSSR count). The van der Waals surface area contributed by atoms with Crippen LogP contribution >= 0.6 is 0 Å². The number of halogens is 1. The van der Waals surface area contributed by atoms with Crippen molar-refractivity contribution < 1.29 is 9.50 Å². The van der Waals surface area contributed by atoms with Gasteiger partial charge in [-0.15, -0.1) is 0 Å². The first-order valence-corrected chi connectivity index (χ1v) is 8.46. The summed E-state index contributed by atoms with van der Waals surface area (Å²) in [6, 6.07) is 5.57. The molecule has 0 aliphatic heterocycles. The fourth-order valence-electron chi connectivity index (χ4n) is 5.84. The molecule has 0 bridgehead atoms. The number of rotatable bonds is 0. The number of fused-ring (bicyclic) bond motifs is 5. The lowest BCUT2D eigenvalue weighted by Crippen LogP contribution is -2.47. The van der Waals surface area contributed by atoms with Crippen molar-refractivity contribution >= 4 is 0 Å². The van der Waals surface area contributed by atoms with Crippen LogP contribution in [0.4, 0.5) is 4.39 Å². The maximum absolute atomic E-state index is 15.1. The molecule has 114 valence electrons. The monoisotopic (exact) mass is 288 g/mol. The Labute approximate surface area is 126 Å². The summed E-state index contributed by atoms with van der Waals surface area (Å²) >= 11 is 0. The first kappa shape index (κ1) is 13.6. The van der Waals surface area contributed by atoms with E-state index in [1.54, 1.807) is 6.07 Å². The van der Waals surface area contributed by atoms with E-state index < -0.39 is 6.17 Å². The van der Waals surface area contributed by atoms with E-state index in [2.05, 4.69) is 13.8 Å². The van der Waals surface area contributed by atoms with Gasteiger partial charge in [-0.05, 0) is 78.5 Å². The Morgan fingerprint density at radius 1 is 1.24 bits per heavy atom. The molecule has 2 heteroatoms. The number of alkyl halides is 1. The minimum Gasteiger partial charge on any atom is -0.508 e. The van der Waals surface area contributed by atoms with Crippen LogP contribution < -0.4 is 0 Å². The fraction of sp³-hybridized carbons (Fsp3) is 0.684. The molecule has 0 aromatic heterocycles. The molecule has 6 atom stereocenters. The second-order valence-electron chi connectivity index (χ2n) is 7.92. The first-order chi connectivity index (χ1) is 10.0. The van der Waals surface area contributed by atoms with Crippen LogP contribution in [0.2, 0.25) is 0 Å². The minimum atomic E-state index is -0.722. The summed E-state index contributed by atoms with van der Waals surface area (Å²) in [4.78, 5) is 0. The van der Waals surface area contributed by atoms with Crippen LogP contribution in [0, 0.1) is 23.2 Å². The molecule has 1 nitrogen and oxygen atoms in total. The molecule has 1 N–H and O–H groups in total. The highest BCUT2D eigenvalue weighted by Crippen LogP contribution is 2.63. The molecule has 1 aromatic carbocycles. The lowest BCUT2D eigenvalue weighted by molar-refractivity contribution is -0.0180. The van der Waals surface area contributed by atoms with Gasteiger partial charge in [-0.25, -0.2) is 4.39 Å². The lowest BCUT2D eigenvalue weighted by Gasteiger charge is -2.52. The molecule has 0 spiro atoms. The normalized spacial score (nSPS) is 44.8. The summed E-state index contributed by atoms with van der Waals surface area (Å²) in [5.74, 6) is 2.23. The van der Waals surface area contributed by atoms with Gasteiger partial charge in [0, 0.05) is 5.92 Å². The van der Waals surface area contributed by atoms with Crippen LogP contribution in [0.15, 0.2) is 18.2 Å². The van der Waals surface area contributed by atoms with Gasteiger partial charge in [-0.2, -0.15) is 0 Å². The fourth-order valence-corrected chi connectivity index (χ4v) is 5.84. The SMILES string of the molecule is C[C@H]1CCC2C3CCc4cc(O)ccc4C3[C@@H](F)C[C@@]21C. The molecule has 2 saturated carbocycles. The van der Waals surface area contributed by atoms with Crippen molar-refractivity contribution in [2.24, 2.45) is 23.2 Å². The molecular formula is C19H25FO. The number of aryl methyl sites for hydroxylation is 1. The Bertz CT molecular complexity index is 569. The highest BCUT2D eigenvalue weighted by molar-refractivity contribution is 5.40. The summed E-state index contributed by atoms with van der Waals surface area (Å²) in [5.41, 5.74) is 2.56. The number of phenols is 1. The second-order valence-corrected chi connectivity index (χ2v) is 7.92. The molecule has 0 radical (unpaired) electrons. The van der Waals surface area contributed by atoms with Crippen molar-refractivity contribution in [3.63, 3.8) is 0 Å². The lowest BCUT2D eigenvalue weighted by atomic mass is 9.53. The summed E-state index contributed by atoms with van der Waals surface area (Å²) in [6.45, 7) is 4.66. The molecule has 0 amide bonds. The van der Waals surface area contributed by atoms with E-state index in [4.69, 9.17) is 0 Å². The molecule has 2 fully saturated rings. The van der Waals surface area contributed by atoms with Gasteiger partial charge in [0.05, 0.1) is 0 Å². The predicted molar refractivity (Wildman–Crippen MR) is 82.2 cm³/mol. The highest BCUT2D eigenvalue weighted by atomic mass is 19.1. The van der Waals surface area contributed by atoms with Gasteiger partial charge < -0.3 is 5.11 Å². The zero-order chi connectivity index (χ0) is 14.8. The van der Waals surface area contributed by atoms with Crippen molar-refractivity contribution in [1.29, 1.82) is 0 Å². The summed E-state index contributed by atoms with van der Waals surface area (Å²) in [7, 11) is 0. The van der Waals surface area contributed by atoms with E-state index in [1.807, 2.05) is 12.1 Å². The molecular weight excluding hydrogens is 263 g/mol. The van der Waals surface area contributed by atoms with Crippen molar-refractivity contribution in [2.45, 2.75) is 58.0 Å². The van der Waals surface area contributed by atoms with Gasteiger partial charge in [0.1, 0.15) is 11.9 Å². The Morgan fingerprint density at radius 2 is 2.05 bits per heavy atom. The molecule has 3 unspecified atom stereocenters. The molecule has 3 aliphatic carbocycles. The van der Waals surface area contributed by atoms with Crippen molar-refractivity contribution in [1.82, 2.24) is 0 Å². The zero-order valence-electron chi connectivity index (χ0n) is 13.0. The molecule has 1 aromatic rings. The smallest absolute Gasteiger partial charge is 0.115 e. The Morgan fingerprint density at radius 3 is 2.86 bits per heavy atom. The minimum absolute atomic E-state index is 0.0673. The molecule has 0 heterocycles. The van der Waals surface area contributed by atoms with E-state index >= 15 is 4.39 Å². The number of phenolic OH excluding ortho intramolecular Hbond substituents is 1. The zero-order valence-corrected chi connectivity index (χ0v) is 13.0. The van der Waals surface area contributed by atoms with E-state index in [9.17, 15) is 5.11 Å². The van der Waals surface area contributed by atoms with Crippen molar-refractivity contribution in [2.75, 3.05) is 0 Å². The van der Waals surface area contributed by atoms with E-state index in [0.717, 1.165) is 19.3 Å². The van der Waals surface area contributed by atoms with Crippen LogP contribution in [0.25, 0.3) is 0 Å². The maximum atomic E-state index is 15.1. The second kappa shape index (κ2) is 4.47. The maximum Gasteiger partial charge on any atom is 0.115 e. The average molecular weight is 288 g/mol. The molecule has 0 saturated heterocycles. The average Bonchev–Trinajstić information content (AvgIpc) is 2.74. The van der Waals surface area contributed by atoms with Gasteiger partial charge in [0.2, 0.25) is 0 Å². The molecule has 3 aliphatic rings. The predicted octanol–water partition coefficient (Wildman–Crippen LogP) is 4.83. The standard InChI is InChI=1S/C19H25FO/c1-11-3-8-16-15-6-4-12-9-13(21)5-7-14(12)18(15)17(20)10-19(11,16)2/h5,7,9,11,15-18,21H,3-4,6,8,10H2,1-2H3/t11-,15?,16?,17-,18?,19+/m0/s1. The van der Waals surface area contributed by atoms with E-state index in [1.165, 1.54) is 24.0 Å². The van der Waals surface area contributed by atoms with E-state index in [-0.39, 0.29) is 11.3 Å². The topological polar surface area (TPSA) is 20.2 Å². The summed E-state index contributed by atoms with van der Waals surface area (Å²) in [6.07, 6.45) is 4.63. The quantitative estimate of drug-likeness (QED) is 0.724. The van der Waals surface area contributed by atoms with E-state index in [0.29, 0.717) is 23.5 Å². The first-order valence-electron chi connectivity index (χ1n) is 8.46. The van der Waals surface area contributed by atoms with Crippen LogP contribution in [-0.2, 0) is 6.42 Å². The van der Waals surface area contributed by atoms with Crippen molar-refractivity contribution in [3.05, 3.63) is 29.3 Å². The van der Waals surface area contributed by atoms with Crippen LogP contribution in [-0.4, -0.2) is 11.3 Å². The Hall–Kier alpha value is -1.05. The summed E-state index contributed by atoms with van der Waals surface area (Å²) in [5, 5.41) is 9.68. The summed E-state index contributed by atoms with van der Waals surface area (Å²) < 4.78 is 15.1. The number of hydrogen-bond donors (Lipinski definition) is 1. The van der Waals surface area contributed by atoms with Gasteiger partial charge in [-0.1, -0.05) is 19.9 Å². The Kier molecular flexibility index (Phi) is 2.90. The third kappa shape index (κ3) is 1.80. The van der Waals surface area contributed by atoms with Crippen LogP contribution in [0.3, 0.4) is 0 Å². The van der Waals surface area contributed by atoms with Gasteiger partial charge in [0.25, 0.3) is 0 Å². The molecule has 21 heavy (non-hydrogen) atoms. The highest BCUT2D eigenvalue weighted by Gasteiger charge is 2.56. The van der Waals surface area contributed by atoms with Crippen molar-refractivity contribution in [3.8, 4) is 5.75 Å². The Balaban J connectivity index is 1.76. The number of benzene rings is 1. The van der Waals surface area contributed by atoms with Gasteiger partial charge in [-0.3, -0.25) is 0 Å². The third-order valence-electron chi connectivity index (χ3n) is 7.12. The number of hydrogen-bond acceptors (Lipinski definition) is 1. The van der Waals surface area contributed by atoms with Crippen LogP contribution in [0.5, 0.6) is 5.75 Å². The third-order valence-corrected chi connectivity index (χ3v) is 7.12. The largest absolute Gasteiger partial charge is 0.508 e. The number of aromatic hydroxyl groups is 1. The van der Waals surface area contributed by atoms with Gasteiger partial charge >= 0.3 is 0 Å². The van der Waals surface area contributed by atoms with Gasteiger partial charge in [0.15, 0.2) is 0 Å². The van der Waals surface area contributed by atoms with Crippen LogP contribution in [0.1, 0.15) is 56.6 Å².